The van der Waals surface area contributed by atoms with Gasteiger partial charge in [0.2, 0.25) is 0 Å². The lowest BCUT2D eigenvalue weighted by Crippen LogP contribution is -1.97. The van der Waals surface area contributed by atoms with E-state index < -0.39 is 17.5 Å². The maximum absolute atomic E-state index is 13.9. The average molecular weight is 268 g/mol. The molecule has 0 aliphatic rings. The number of hydrogen-bond donors (Lipinski definition) is 0. The van der Waals surface area contributed by atoms with Crippen LogP contribution in [0.3, 0.4) is 0 Å². The van der Waals surface area contributed by atoms with Gasteiger partial charge in [-0.15, -0.1) is 0 Å². The molecular formula is C14H11F3O2. The van der Waals surface area contributed by atoms with E-state index in [0.29, 0.717) is 0 Å². The molecule has 0 atom stereocenters. The second-order valence-corrected chi connectivity index (χ2v) is 3.78. The highest BCUT2D eigenvalue weighted by Crippen LogP contribution is 2.39. The van der Waals surface area contributed by atoms with Crippen LogP contribution in [0.4, 0.5) is 13.2 Å². The number of ether oxygens (including phenoxy) is 2. The van der Waals surface area contributed by atoms with Crippen molar-refractivity contribution in [1.29, 1.82) is 0 Å². The molecule has 2 nitrogen and oxygen atoms in total. The summed E-state index contributed by atoms with van der Waals surface area (Å²) in [6, 6.07) is 5.95. The number of methoxy groups -OCH3 is 2. The maximum Gasteiger partial charge on any atom is 0.162 e. The number of rotatable bonds is 3. The first-order valence-electron chi connectivity index (χ1n) is 5.44. The molecule has 0 aliphatic heterocycles. The molecule has 0 saturated carbocycles. The highest BCUT2D eigenvalue weighted by Gasteiger charge is 2.18. The summed E-state index contributed by atoms with van der Waals surface area (Å²) in [5.74, 6) is -2.51. The Morgan fingerprint density at radius 1 is 0.789 bits per heavy atom. The molecule has 0 saturated heterocycles. The van der Waals surface area contributed by atoms with Crippen molar-refractivity contribution >= 4 is 0 Å². The van der Waals surface area contributed by atoms with Crippen molar-refractivity contribution < 1.29 is 22.6 Å². The number of benzene rings is 2. The lowest BCUT2D eigenvalue weighted by atomic mass is 10.0. The lowest BCUT2D eigenvalue weighted by molar-refractivity contribution is 0.403. The summed E-state index contributed by atoms with van der Waals surface area (Å²) in [6.07, 6.45) is 0. The van der Waals surface area contributed by atoms with Crippen molar-refractivity contribution in [2.24, 2.45) is 0 Å². The molecule has 0 N–H and O–H groups in total. The molecule has 0 amide bonds. The SMILES string of the molecule is COc1cc(F)c(F)cc1-c1c(F)cccc1OC. The molecule has 100 valence electrons. The summed E-state index contributed by atoms with van der Waals surface area (Å²) >= 11 is 0. The Kier molecular flexibility index (Phi) is 3.64. The van der Waals surface area contributed by atoms with E-state index in [-0.39, 0.29) is 22.6 Å². The van der Waals surface area contributed by atoms with Gasteiger partial charge in [-0.1, -0.05) is 6.07 Å². The lowest BCUT2D eigenvalue weighted by Gasteiger charge is -2.13. The third-order valence-corrected chi connectivity index (χ3v) is 2.71. The van der Waals surface area contributed by atoms with Crippen molar-refractivity contribution in [2.45, 2.75) is 0 Å². The minimum atomic E-state index is -1.08. The molecule has 2 aromatic rings. The molecule has 0 aromatic heterocycles. The van der Waals surface area contributed by atoms with Crippen LogP contribution in [0.2, 0.25) is 0 Å². The summed E-state index contributed by atoms with van der Waals surface area (Å²) in [6.45, 7) is 0. The van der Waals surface area contributed by atoms with Crippen molar-refractivity contribution in [3.8, 4) is 22.6 Å². The van der Waals surface area contributed by atoms with Gasteiger partial charge in [0.1, 0.15) is 17.3 Å². The Balaban J connectivity index is 2.74. The summed E-state index contributed by atoms with van der Waals surface area (Å²) < 4.78 is 50.4. The first-order chi connectivity index (χ1) is 9.08. The van der Waals surface area contributed by atoms with E-state index in [4.69, 9.17) is 9.47 Å². The Morgan fingerprint density at radius 3 is 2.05 bits per heavy atom. The van der Waals surface area contributed by atoms with E-state index in [1.54, 1.807) is 0 Å². The van der Waals surface area contributed by atoms with Crippen LogP contribution in [0.5, 0.6) is 11.5 Å². The van der Waals surface area contributed by atoms with Crippen LogP contribution >= 0.6 is 0 Å². The van der Waals surface area contributed by atoms with E-state index >= 15 is 0 Å². The van der Waals surface area contributed by atoms with Gasteiger partial charge in [-0.05, 0) is 18.2 Å². The third kappa shape index (κ3) is 2.36. The van der Waals surface area contributed by atoms with Gasteiger partial charge in [-0.2, -0.15) is 0 Å². The molecule has 2 aromatic carbocycles. The second kappa shape index (κ2) is 5.22. The third-order valence-electron chi connectivity index (χ3n) is 2.71. The van der Waals surface area contributed by atoms with Crippen molar-refractivity contribution in [1.82, 2.24) is 0 Å². The molecule has 0 spiro atoms. The molecule has 5 heteroatoms. The fraction of sp³-hybridized carbons (Fsp3) is 0.143. The summed E-state index contributed by atoms with van der Waals surface area (Å²) in [4.78, 5) is 0. The van der Waals surface area contributed by atoms with Gasteiger partial charge in [0.15, 0.2) is 11.6 Å². The van der Waals surface area contributed by atoms with Crippen LogP contribution in [0.25, 0.3) is 11.1 Å². The van der Waals surface area contributed by atoms with Gasteiger partial charge >= 0.3 is 0 Å². The van der Waals surface area contributed by atoms with Gasteiger partial charge in [0.25, 0.3) is 0 Å². The Morgan fingerprint density at radius 2 is 1.42 bits per heavy atom. The minimum absolute atomic E-state index is 0.0285. The fourth-order valence-electron chi connectivity index (χ4n) is 1.83. The van der Waals surface area contributed by atoms with E-state index in [0.717, 1.165) is 12.1 Å². The minimum Gasteiger partial charge on any atom is -0.496 e. The first-order valence-corrected chi connectivity index (χ1v) is 5.44. The summed E-state index contributed by atoms with van der Waals surface area (Å²) in [5.41, 5.74) is 0.122. The normalized spacial score (nSPS) is 10.4. The zero-order valence-corrected chi connectivity index (χ0v) is 10.3. The van der Waals surface area contributed by atoms with Gasteiger partial charge in [-0.25, -0.2) is 13.2 Å². The number of hydrogen-bond acceptors (Lipinski definition) is 2. The molecule has 2 rings (SSSR count). The van der Waals surface area contributed by atoms with Crippen LogP contribution in [-0.4, -0.2) is 14.2 Å². The van der Waals surface area contributed by atoms with Crippen molar-refractivity contribution in [3.05, 3.63) is 47.8 Å². The van der Waals surface area contributed by atoms with Crippen LogP contribution in [0.15, 0.2) is 30.3 Å². The molecular weight excluding hydrogens is 257 g/mol. The molecule has 0 unspecified atom stereocenters. The smallest absolute Gasteiger partial charge is 0.162 e. The van der Waals surface area contributed by atoms with Gasteiger partial charge in [0, 0.05) is 11.6 Å². The van der Waals surface area contributed by atoms with E-state index in [1.165, 1.54) is 32.4 Å². The van der Waals surface area contributed by atoms with E-state index in [9.17, 15) is 13.2 Å². The van der Waals surface area contributed by atoms with Crippen LogP contribution in [0, 0.1) is 17.5 Å². The van der Waals surface area contributed by atoms with Gasteiger partial charge in [0.05, 0.1) is 19.8 Å². The Bertz CT molecular complexity index is 612. The monoisotopic (exact) mass is 268 g/mol. The molecule has 0 heterocycles. The number of halogens is 3. The molecule has 0 fully saturated rings. The maximum atomic E-state index is 13.9. The molecule has 19 heavy (non-hydrogen) atoms. The largest absolute Gasteiger partial charge is 0.496 e. The molecule has 0 radical (unpaired) electrons. The average Bonchev–Trinajstić information content (AvgIpc) is 2.41. The van der Waals surface area contributed by atoms with Gasteiger partial charge in [-0.3, -0.25) is 0 Å². The predicted octanol–water partition coefficient (Wildman–Crippen LogP) is 3.79. The quantitative estimate of drug-likeness (QED) is 0.843. The fourth-order valence-corrected chi connectivity index (χ4v) is 1.83. The van der Waals surface area contributed by atoms with Crippen LogP contribution < -0.4 is 9.47 Å². The molecule has 0 aliphatic carbocycles. The zero-order chi connectivity index (χ0) is 14.0. The van der Waals surface area contributed by atoms with Gasteiger partial charge < -0.3 is 9.47 Å². The Labute approximate surface area is 108 Å². The zero-order valence-electron chi connectivity index (χ0n) is 10.3. The van der Waals surface area contributed by atoms with Crippen molar-refractivity contribution in [2.75, 3.05) is 14.2 Å². The predicted molar refractivity (Wildman–Crippen MR) is 64.9 cm³/mol. The van der Waals surface area contributed by atoms with Crippen LogP contribution in [0.1, 0.15) is 0 Å². The van der Waals surface area contributed by atoms with Crippen LogP contribution in [-0.2, 0) is 0 Å². The summed E-state index contributed by atoms with van der Waals surface area (Å²) in [5, 5.41) is 0. The highest BCUT2D eigenvalue weighted by molar-refractivity contribution is 5.76. The first kappa shape index (κ1) is 13.3. The summed E-state index contributed by atoms with van der Waals surface area (Å²) in [7, 11) is 2.66. The Hall–Kier alpha value is -2.17. The standard InChI is InChI=1S/C14H11F3O2/c1-18-12-5-3-4-9(15)14(12)8-6-10(16)11(17)7-13(8)19-2/h3-7H,1-2H3. The topological polar surface area (TPSA) is 18.5 Å². The van der Waals surface area contributed by atoms with E-state index in [2.05, 4.69) is 0 Å². The van der Waals surface area contributed by atoms with Crippen molar-refractivity contribution in [3.63, 3.8) is 0 Å². The molecule has 0 bridgehead atoms. The second-order valence-electron chi connectivity index (χ2n) is 3.78. The van der Waals surface area contributed by atoms with E-state index in [1.807, 2.05) is 0 Å². The highest BCUT2D eigenvalue weighted by atomic mass is 19.2.